The van der Waals surface area contributed by atoms with Crippen molar-refractivity contribution < 1.29 is 14.7 Å². The fraction of sp³-hybridized carbons (Fsp3) is 0.100. The van der Waals surface area contributed by atoms with Crippen LogP contribution in [0.15, 0.2) is 18.2 Å². The second kappa shape index (κ2) is 4.68. The van der Waals surface area contributed by atoms with Crippen molar-refractivity contribution in [3.05, 3.63) is 23.2 Å². The molecule has 0 spiro atoms. The molecule has 2 rings (SSSR count). The predicted molar refractivity (Wildman–Crippen MR) is 65.5 cm³/mol. The largest absolute Gasteiger partial charge is 0.481 e. The molecule has 1 heterocycles. The van der Waals surface area contributed by atoms with E-state index in [1.54, 1.807) is 18.2 Å². The Bertz CT molecular complexity index is 596. The first-order valence-electron chi connectivity index (χ1n) is 4.62. The van der Waals surface area contributed by atoms with Crippen molar-refractivity contribution in [2.24, 2.45) is 0 Å². The minimum atomic E-state index is -1.17. The molecule has 0 aliphatic carbocycles. The highest BCUT2D eigenvalue weighted by Gasteiger charge is 2.11. The molecule has 1 aromatic carbocycles. The average molecular weight is 271 g/mol. The number of halogens is 1. The third-order valence-electron chi connectivity index (χ3n) is 1.91. The maximum absolute atomic E-state index is 11.2. The summed E-state index contributed by atoms with van der Waals surface area (Å²) in [5.74, 6) is -1.77. The van der Waals surface area contributed by atoms with Crippen LogP contribution in [0.2, 0.25) is 5.02 Å². The summed E-state index contributed by atoms with van der Waals surface area (Å²) in [6, 6.07) is 5.18. The highest BCUT2D eigenvalue weighted by molar-refractivity contribution is 7.22. The zero-order valence-corrected chi connectivity index (χ0v) is 10.0. The van der Waals surface area contributed by atoms with Crippen LogP contribution in [0.5, 0.6) is 0 Å². The second-order valence-electron chi connectivity index (χ2n) is 3.25. The van der Waals surface area contributed by atoms with E-state index in [1.807, 2.05) is 0 Å². The molecule has 5 nitrogen and oxygen atoms in total. The van der Waals surface area contributed by atoms with Crippen molar-refractivity contribution in [2.45, 2.75) is 6.42 Å². The maximum Gasteiger partial charge on any atom is 0.312 e. The Morgan fingerprint density at radius 2 is 2.24 bits per heavy atom. The number of fused-ring (bicyclic) bond motifs is 1. The number of hydrogen-bond donors (Lipinski definition) is 2. The van der Waals surface area contributed by atoms with Crippen LogP contribution in [0.3, 0.4) is 0 Å². The minimum Gasteiger partial charge on any atom is -0.481 e. The highest BCUT2D eigenvalue weighted by atomic mass is 35.5. The van der Waals surface area contributed by atoms with Crippen LogP contribution in [-0.2, 0) is 9.59 Å². The molecule has 1 aromatic heterocycles. The lowest BCUT2D eigenvalue weighted by molar-refractivity contribution is -0.139. The standard InChI is InChI=1S/C10H7ClN2O3S/c11-5-1-2-6-7(3-5)17-10(12-6)13-8(14)4-9(15)16/h1-3H,4H2,(H,15,16)(H,12,13,14). The van der Waals surface area contributed by atoms with Gasteiger partial charge in [0.1, 0.15) is 6.42 Å². The number of rotatable bonds is 3. The summed E-state index contributed by atoms with van der Waals surface area (Å²) in [4.78, 5) is 25.7. The Morgan fingerprint density at radius 3 is 2.94 bits per heavy atom. The molecule has 0 aliphatic rings. The summed E-state index contributed by atoms with van der Waals surface area (Å²) in [5, 5.41) is 11.8. The van der Waals surface area contributed by atoms with Gasteiger partial charge >= 0.3 is 5.97 Å². The van der Waals surface area contributed by atoms with Crippen molar-refractivity contribution in [3.63, 3.8) is 0 Å². The number of aromatic nitrogens is 1. The molecule has 7 heteroatoms. The lowest BCUT2D eigenvalue weighted by atomic mass is 10.3. The van der Waals surface area contributed by atoms with E-state index in [1.165, 1.54) is 11.3 Å². The molecule has 0 aliphatic heterocycles. The van der Waals surface area contributed by atoms with Crippen molar-refractivity contribution in [3.8, 4) is 0 Å². The fourth-order valence-corrected chi connectivity index (χ4v) is 2.41. The van der Waals surface area contributed by atoms with Crippen LogP contribution in [0.1, 0.15) is 6.42 Å². The van der Waals surface area contributed by atoms with E-state index in [4.69, 9.17) is 16.7 Å². The van der Waals surface area contributed by atoms with E-state index in [9.17, 15) is 9.59 Å². The Morgan fingerprint density at radius 1 is 1.47 bits per heavy atom. The maximum atomic E-state index is 11.2. The number of amides is 1. The summed E-state index contributed by atoms with van der Waals surface area (Å²) in [5.41, 5.74) is 0.713. The minimum absolute atomic E-state index is 0.369. The zero-order chi connectivity index (χ0) is 12.4. The number of nitrogens with one attached hydrogen (secondary N) is 1. The molecule has 0 fully saturated rings. The van der Waals surface area contributed by atoms with E-state index < -0.39 is 18.3 Å². The van der Waals surface area contributed by atoms with Crippen molar-refractivity contribution in [2.75, 3.05) is 5.32 Å². The Hall–Kier alpha value is -1.66. The van der Waals surface area contributed by atoms with Gasteiger partial charge in [-0.25, -0.2) is 4.98 Å². The SMILES string of the molecule is O=C(O)CC(=O)Nc1nc2ccc(Cl)cc2s1. The highest BCUT2D eigenvalue weighted by Crippen LogP contribution is 2.28. The monoisotopic (exact) mass is 270 g/mol. The molecule has 0 atom stereocenters. The number of hydrogen-bond acceptors (Lipinski definition) is 4. The number of carbonyl (C=O) groups excluding carboxylic acids is 1. The van der Waals surface area contributed by atoms with Gasteiger partial charge < -0.3 is 10.4 Å². The first-order chi connectivity index (χ1) is 8.04. The molecular formula is C10H7ClN2O3S. The fourth-order valence-electron chi connectivity index (χ4n) is 1.25. The number of carbonyl (C=O) groups is 2. The third-order valence-corrected chi connectivity index (χ3v) is 3.08. The van der Waals surface area contributed by atoms with Crippen LogP contribution in [-0.4, -0.2) is 22.0 Å². The van der Waals surface area contributed by atoms with E-state index in [2.05, 4.69) is 10.3 Å². The molecule has 2 N–H and O–H groups in total. The van der Waals surface area contributed by atoms with Gasteiger partial charge in [-0.15, -0.1) is 0 Å². The lowest BCUT2D eigenvalue weighted by Crippen LogP contribution is -2.15. The van der Waals surface area contributed by atoms with E-state index in [0.717, 1.165) is 4.70 Å². The van der Waals surface area contributed by atoms with Crippen molar-refractivity contribution in [1.29, 1.82) is 0 Å². The zero-order valence-electron chi connectivity index (χ0n) is 8.44. The lowest BCUT2D eigenvalue weighted by Gasteiger charge is -1.96. The van der Waals surface area contributed by atoms with Crippen LogP contribution < -0.4 is 5.32 Å². The molecule has 88 valence electrons. The molecular weight excluding hydrogens is 264 g/mol. The van der Waals surface area contributed by atoms with Crippen LogP contribution in [0.4, 0.5) is 5.13 Å². The molecule has 1 amide bonds. The van der Waals surface area contributed by atoms with Gasteiger partial charge in [-0.1, -0.05) is 22.9 Å². The van der Waals surface area contributed by atoms with Crippen molar-refractivity contribution >= 4 is 50.2 Å². The van der Waals surface area contributed by atoms with Crippen molar-refractivity contribution in [1.82, 2.24) is 4.98 Å². The van der Waals surface area contributed by atoms with Gasteiger partial charge in [-0.3, -0.25) is 9.59 Å². The molecule has 17 heavy (non-hydrogen) atoms. The average Bonchev–Trinajstić information content (AvgIpc) is 2.57. The molecule has 0 saturated carbocycles. The van der Waals surface area contributed by atoms with E-state index >= 15 is 0 Å². The number of aliphatic carboxylic acids is 1. The number of benzene rings is 1. The van der Waals surface area contributed by atoms with Crippen LogP contribution >= 0.6 is 22.9 Å². The Balaban J connectivity index is 2.19. The number of thiazole rings is 1. The Kier molecular flexibility index (Phi) is 3.26. The quantitative estimate of drug-likeness (QED) is 0.839. The summed E-state index contributed by atoms with van der Waals surface area (Å²) in [7, 11) is 0. The second-order valence-corrected chi connectivity index (χ2v) is 4.72. The van der Waals surface area contributed by atoms with Gasteiger partial charge in [0.2, 0.25) is 5.91 Å². The molecule has 0 unspecified atom stereocenters. The topological polar surface area (TPSA) is 79.3 Å². The van der Waals surface area contributed by atoms with E-state index in [0.29, 0.717) is 15.7 Å². The third kappa shape index (κ3) is 2.92. The van der Waals surface area contributed by atoms with Gasteiger partial charge in [-0.05, 0) is 18.2 Å². The van der Waals surface area contributed by atoms with Gasteiger partial charge in [0.05, 0.1) is 10.2 Å². The number of carboxylic acid groups (broad SMARTS) is 1. The summed E-state index contributed by atoms with van der Waals surface area (Å²) in [6.07, 6.45) is -0.573. The summed E-state index contributed by atoms with van der Waals surface area (Å²) >= 11 is 7.06. The molecule has 0 radical (unpaired) electrons. The van der Waals surface area contributed by atoms with E-state index in [-0.39, 0.29) is 0 Å². The van der Waals surface area contributed by atoms with Gasteiger partial charge in [-0.2, -0.15) is 0 Å². The van der Waals surface area contributed by atoms with Gasteiger partial charge in [0, 0.05) is 5.02 Å². The molecule has 0 bridgehead atoms. The number of nitrogens with zero attached hydrogens (tertiary/aromatic N) is 1. The predicted octanol–water partition coefficient (Wildman–Crippen LogP) is 2.36. The van der Waals surface area contributed by atoms with Crippen LogP contribution in [0, 0.1) is 0 Å². The number of carboxylic acids is 1. The first kappa shape index (κ1) is 11.8. The van der Waals surface area contributed by atoms with Gasteiger partial charge in [0.25, 0.3) is 0 Å². The molecule has 0 saturated heterocycles. The van der Waals surface area contributed by atoms with Crippen LogP contribution in [0.25, 0.3) is 10.2 Å². The van der Waals surface area contributed by atoms with Gasteiger partial charge in [0.15, 0.2) is 5.13 Å². The normalized spacial score (nSPS) is 10.4. The smallest absolute Gasteiger partial charge is 0.312 e. The first-order valence-corrected chi connectivity index (χ1v) is 5.82. The molecule has 2 aromatic rings. The number of anilines is 1. The Labute approximate surface area is 105 Å². The summed E-state index contributed by atoms with van der Waals surface area (Å²) in [6.45, 7) is 0. The summed E-state index contributed by atoms with van der Waals surface area (Å²) < 4.78 is 0.836.